The lowest BCUT2D eigenvalue weighted by Gasteiger charge is -2.33. The lowest BCUT2D eigenvalue weighted by molar-refractivity contribution is 1.16. The van der Waals surface area contributed by atoms with Crippen molar-refractivity contribution in [2.24, 2.45) is 0 Å². The van der Waals surface area contributed by atoms with Crippen LogP contribution in [0.15, 0.2) is 103 Å². The third-order valence-electron chi connectivity index (χ3n) is 7.84. The smallest absolute Gasteiger partial charge is 0.252 e. The van der Waals surface area contributed by atoms with Crippen molar-refractivity contribution < 1.29 is 1.37 Å². The van der Waals surface area contributed by atoms with E-state index in [1.54, 1.807) is 0 Å². The summed E-state index contributed by atoms with van der Waals surface area (Å²) in [5, 5.41) is 4.98. The molecule has 0 saturated carbocycles. The van der Waals surface area contributed by atoms with Crippen molar-refractivity contribution in [2.75, 3.05) is 0 Å². The van der Waals surface area contributed by atoms with E-state index in [0.717, 1.165) is 0 Å². The van der Waals surface area contributed by atoms with E-state index in [1.165, 1.54) is 71.4 Å². The summed E-state index contributed by atoms with van der Waals surface area (Å²) in [5.74, 6) is 0. The number of hydrogen-bond donors (Lipinski definition) is 0. The normalized spacial score (nSPS) is 13.8. The zero-order chi connectivity index (χ0) is 22.1. The molecule has 0 atom stereocenters. The number of rotatable bonds is 0. The second kappa shape index (κ2) is 5.39. The van der Waals surface area contributed by atoms with Gasteiger partial charge < -0.3 is 9.13 Å². The van der Waals surface area contributed by atoms with E-state index < -0.39 is 0 Å². The highest BCUT2D eigenvalue weighted by atomic mass is 15.0. The molecule has 150 valence electrons. The van der Waals surface area contributed by atoms with Crippen LogP contribution < -0.4 is 16.4 Å². The molecule has 33 heavy (non-hydrogen) atoms. The number of hydrogen-bond acceptors (Lipinski definition) is 0. The SMILES string of the molecule is [2H]c1cc2c3c(c1)c1ccccc1n3-c1ccc3c4ccccc4n4c3c1B2c1ccccc1-4. The van der Waals surface area contributed by atoms with Crippen LogP contribution in [0.2, 0.25) is 0 Å². The van der Waals surface area contributed by atoms with Crippen molar-refractivity contribution in [3.8, 4) is 11.4 Å². The minimum Gasteiger partial charge on any atom is -0.310 e. The molecule has 2 aliphatic rings. The number of benzene rings is 5. The summed E-state index contributed by atoms with van der Waals surface area (Å²) in [5.41, 5.74) is 11.4. The van der Waals surface area contributed by atoms with Crippen LogP contribution in [0.1, 0.15) is 1.37 Å². The van der Waals surface area contributed by atoms with E-state index in [0.29, 0.717) is 6.04 Å². The lowest BCUT2D eigenvalue weighted by atomic mass is 9.34. The molecule has 3 heteroatoms. The molecule has 5 aromatic carbocycles. The molecule has 0 bridgehead atoms. The van der Waals surface area contributed by atoms with Crippen LogP contribution in [0.5, 0.6) is 0 Å². The Morgan fingerprint density at radius 1 is 0.515 bits per heavy atom. The fraction of sp³-hybridized carbons (Fsp3) is 0. The van der Waals surface area contributed by atoms with Gasteiger partial charge in [-0.05, 0) is 40.7 Å². The Bertz CT molecular complexity index is 2050. The molecular weight excluding hydrogens is 399 g/mol. The molecule has 2 nitrogen and oxygen atoms in total. The second-order valence-corrected chi connectivity index (χ2v) is 9.26. The second-order valence-electron chi connectivity index (χ2n) is 9.26. The van der Waals surface area contributed by atoms with Gasteiger partial charge in [-0.3, -0.25) is 0 Å². The van der Waals surface area contributed by atoms with Gasteiger partial charge in [0.05, 0.1) is 17.9 Å². The van der Waals surface area contributed by atoms with Crippen LogP contribution in [-0.2, 0) is 0 Å². The molecule has 4 heterocycles. The monoisotopic (exact) mass is 417 g/mol. The van der Waals surface area contributed by atoms with E-state index in [4.69, 9.17) is 1.37 Å². The van der Waals surface area contributed by atoms with Crippen molar-refractivity contribution in [3.63, 3.8) is 0 Å². The summed E-state index contributed by atoms with van der Waals surface area (Å²) in [7, 11) is 0. The fourth-order valence-electron chi connectivity index (χ4n) is 6.67. The molecule has 0 saturated heterocycles. The van der Waals surface area contributed by atoms with E-state index >= 15 is 0 Å². The highest BCUT2D eigenvalue weighted by Gasteiger charge is 2.40. The third kappa shape index (κ3) is 1.71. The van der Waals surface area contributed by atoms with E-state index in [9.17, 15) is 0 Å². The molecule has 0 amide bonds. The van der Waals surface area contributed by atoms with Gasteiger partial charge in [0.1, 0.15) is 0 Å². The van der Waals surface area contributed by atoms with Gasteiger partial charge in [0.25, 0.3) is 6.71 Å². The van der Waals surface area contributed by atoms with Crippen molar-refractivity contribution in [2.45, 2.75) is 0 Å². The van der Waals surface area contributed by atoms with Gasteiger partial charge in [0.15, 0.2) is 0 Å². The van der Waals surface area contributed by atoms with E-state index in [1.807, 2.05) is 6.07 Å². The first-order chi connectivity index (χ1) is 16.8. The maximum atomic E-state index is 8.71. The third-order valence-corrected chi connectivity index (χ3v) is 7.84. The molecule has 0 aliphatic carbocycles. The fourth-order valence-corrected chi connectivity index (χ4v) is 6.67. The molecule has 0 unspecified atom stereocenters. The van der Waals surface area contributed by atoms with Gasteiger partial charge in [-0.2, -0.15) is 0 Å². The number of fused-ring (bicyclic) bond motifs is 11. The van der Waals surface area contributed by atoms with Crippen LogP contribution in [0, 0.1) is 0 Å². The summed E-state index contributed by atoms with van der Waals surface area (Å²) in [6.07, 6.45) is 0. The Morgan fingerprint density at radius 3 is 2.00 bits per heavy atom. The molecule has 7 aromatic rings. The minimum atomic E-state index is 0.108. The maximum absolute atomic E-state index is 8.71. The largest absolute Gasteiger partial charge is 0.310 e. The Balaban J connectivity index is 1.63. The van der Waals surface area contributed by atoms with Crippen molar-refractivity contribution in [3.05, 3.63) is 103 Å². The number of nitrogens with zero attached hydrogens (tertiary/aromatic N) is 2. The zero-order valence-corrected chi connectivity index (χ0v) is 17.7. The maximum Gasteiger partial charge on any atom is 0.252 e. The summed E-state index contributed by atoms with van der Waals surface area (Å²) in [6, 6.07) is 35.5. The van der Waals surface area contributed by atoms with Crippen LogP contribution in [-0.4, -0.2) is 15.8 Å². The highest BCUT2D eigenvalue weighted by Crippen LogP contribution is 2.39. The molecular formula is C30H17BN2. The summed E-state index contributed by atoms with van der Waals surface area (Å²) in [6.45, 7) is 0.108. The topological polar surface area (TPSA) is 9.86 Å². The quantitative estimate of drug-likeness (QED) is 0.307. The average Bonchev–Trinajstić information content (AvgIpc) is 3.39. The van der Waals surface area contributed by atoms with Crippen molar-refractivity contribution in [1.29, 1.82) is 0 Å². The van der Waals surface area contributed by atoms with Gasteiger partial charge in [0, 0.05) is 38.4 Å². The summed E-state index contributed by atoms with van der Waals surface area (Å²) in [4.78, 5) is 0. The standard InChI is InChI=1S/C30H17BN2/c1-5-14-25-18(8-1)20-10-7-12-23-29(20)33(25)27-17-16-21-19-9-2-4-13-24(19)32-26-15-6-3-11-22(26)31(23)28(27)30(21)32/h1-17H/i7D. The average molecular weight is 417 g/mol. The first-order valence-corrected chi connectivity index (χ1v) is 11.5. The van der Waals surface area contributed by atoms with Crippen molar-refractivity contribution in [1.82, 2.24) is 9.13 Å². The minimum absolute atomic E-state index is 0.108. The molecule has 0 spiro atoms. The number of aromatic nitrogens is 2. The summed E-state index contributed by atoms with van der Waals surface area (Å²) >= 11 is 0. The molecule has 0 N–H and O–H groups in total. The Kier molecular flexibility index (Phi) is 2.54. The van der Waals surface area contributed by atoms with Crippen LogP contribution >= 0.6 is 0 Å². The molecule has 2 aliphatic heterocycles. The Labute approximate surface area is 191 Å². The molecule has 2 aromatic heterocycles. The number of para-hydroxylation sites is 4. The van der Waals surface area contributed by atoms with E-state index in [-0.39, 0.29) is 6.71 Å². The van der Waals surface area contributed by atoms with Gasteiger partial charge >= 0.3 is 0 Å². The van der Waals surface area contributed by atoms with Gasteiger partial charge in [-0.1, -0.05) is 78.8 Å². The van der Waals surface area contributed by atoms with Crippen LogP contribution in [0.3, 0.4) is 0 Å². The van der Waals surface area contributed by atoms with Crippen LogP contribution in [0.25, 0.3) is 55.0 Å². The molecule has 0 fully saturated rings. The predicted octanol–water partition coefficient (Wildman–Crippen LogP) is 5.02. The lowest BCUT2D eigenvalue weighted by Crippen LogP contribution is -2.59. The summed E-state index contributed by atoms with van der Waals surface area (Å²) < 4.78 is 13.6. The Hall–Kier alpha value is -4.24. The predicted molar refractivity (Wildman–Crippen MR) is 140 cm³/mol. The van der Waals surface area contributed by atoms with E-state index in [2.05, 4.69) is 100 Å². The highest BCUT2D eigenvalue weighted by molar-refractivity contribution is 7.00. The van der Waals surface area contributed by atoms with Gasteiger partial charge in [-0.25, -0.2) is 0 Å². The first-order valence-electron chi connectivity index (χ1n) is 12.0. The molecule has 0 radical (unpaired) electrons. The zero-order valence-electron chi connectivity index (χ0n) is 18.7. The Morgan fingerprint density at radius 2 is 1.18 bits per heavy atom. The van der Waals surface area contributed by atoms with Gasteiger partial charge in [0.2, 0.25) is 0 Å². The van der Waals surface area contributed by atoms with Gasteiger partial charge in [-0.15, -0.1) is 0 Å². The molecule has 9 rings (SSSR count). The van der Waals surface area contributed by atoms with Crippen molar-refractivity contribution >= 4 is 66.7 Å². The van der Waals surface area contributed by atoms with Crippen LogP contribution in [0.4, 0.5) is 0 Å². The first kappa shape index (κ1) is 15.5.